The summed E-state index contributed by atoms with van der Waals surface area (Å²) in [7, 11) is 1.57. The third-order valence-electron chi connectivity index (χ3n) is 2.39. The third kappa shape index (κ3) is 2.70. The largest absolute Gasteiger partial charge is 0.495 e. The third-order valence-corrected chi connectivity index (χ3v) is 3.43. The van der Waals surface area contributed by atoms with Crippen molar-refractivity contribution in [2.24, 2.45) is 0 Å². The van der Waals surface area contributed by atoms with Crippen molar-refractivity contribution in [3.05, 3.63) is 38.8 Å². The highest BCUT2D eigenvalue weighted by Crippen LogP contribution is 2.32. The molecule has 6 heteroatoms. The van der Waals surface area contributed by atoms with Crippen LogP contribution in [0, 0.1) is 6.92 Å². The standard InChI is InChI=1S/C12H11BrN2O2S/c1-7-3-8(13)4-10(17-2)11(7)15-12(16)9-5-18-6-14-9/h3-6H,1-2H3,(H,15,16). The van der Waals surface area contributed by atoms with E-state index in [0.29, 0.717) is 17.1 Å². The van der Waals surface area contributed by atoms with Gasteiger partial charge in [-0.2, -0.15) is 0 Å². The summed E-state index contributed by atoms with van der Waals surface area (Å²) in [6, 6.07) is 3.73. The lowest BCUT2D eigenvalue weighted by atomic mass is 10.2. The maximum Gasteiger partial charge on any atom is 0.275 e. The number of aryl methyl sites for hydroxylation is 1. The van der Waals surface area contributed by atoms with E-state index >= 15 is 0 Å². The highest BCUT2D eigenvalue weighted by molar-refractivity contribution is 9.10. The number of methoxy groups -OCH3 is 1. The number of hydrogen-bond acceptors (Lipinski definition) is 4. The lowest BCUT2D eigenvalue weighted by Crippen LogP contribution is -2.14. The number of thiazole rings is 1. The fourth-order valence-corrected chi connectivity index (χ4v) is 2.62. The number of anilines is 1. The van der Waals surface area contributed by atoms with Crippen molar-refractivity contribution >= 4 is 38.9 Å². The minimum absolute atomic E-state index is 0.236. The highest BCUT2D eigenvalue weighted by atomic mass is 79.9. The van der Waals surface area contributed by atoms with Crippen LogP contribution in [0.3, 0.4) is 0 Å². The fraction of sp³-hybridized carbons (Fsp3) is 0.167. The Morgan fingerprint density at radius 1 is 1.50 bits per heavy atom. The van der Waals surface area contributed by atoms with Gasteiger partial charge in [-0.15, -0.1) is 11.3 Å². The molecule has 0 spiro atoms. The summed E-state index contributed by atoms with van der Waals surface area (Å²) in [5.41, 5.74) is 3.62. The molecule has 1 aromatic carbocycles. The second-order valence-corrected chi connectivity index (χ2v) is 5.26. The van der Waals surface area contributed by atoms with E-state index in [9.17, 15) is 4.79 Å². The van der Waals surface area contributed by atoms with Gasteiger partial charge in [0.1, 0.15) is 11.4 Å². The number of carbonyl (C=O) groups excluding carboxylic acids is 1. The molecule has 0 aliphatic rings. The molecule has 4 nitrogen and oxygen atoms in total. The number of nitrogens with one attached hydrogen (secondary N) is 1. The van der Waals surface area contributed by atoms with Gasteiger partial charge in [-0.3, -0.25) is 4.79 Å². The quantitative estimate of drug-likeness (QED) is 0.939. The van der Waals surface area contributed by atoms with Gasteiger partial charge in [0.25, 0.3) is 5.91 Å². The Balaban J connectivity index is 2.31. The van der Waals surface area contributed by atoms with Crippen LogP contribution in [0.5, 0.6) is 5.75 Å². The van der Waals surface area contributed by atoms with E-state index in [2.05, 4.69) is 26.2 Å². The lowest BCUT2D eigenvalue weighted by molar-refractivity contribution is 0.102. The van der Waals surface area contributed by atoms with Gasteiger partial charge < -0.3 is 10.1 Å². The first-order chi connectivity index (χ1) is 8.61. The molecule has 1 amide bonds. The molecule has 94 valence electrons. The maximum atomic E-state index is 11.9. The van der Waals surface area contributed by atoms with Gasteiger partial charge >= 0.3 is 0 Å². The molecule has 0 saturated carbocycles. The van der Waals surface area contributed by atoms with Crippen LogP contribution in [0.15, 0.2) is 27.5 Å². The Morgan fingerprint density at radius 2 is 2.28 bits per heavy atom. The summed E-state index contributed by atoms with van der Waals surface area (Å²) in [5.74, 6) is 0.380. The Labute approximate surface area is 117 Å². The van der Waals surface area contributed by atoms with E-state index < -0.39 is 0 Å². The SMILES string of the molecule is COc1cc(Br)cc(C)c1NC(=O)c1cscn1. The van der Waals surface area contributed by atoms with Crippen LogP contribution in [0.2, 0.25) is 0 Å². The van der Waals surface area contributed by atoms with E-state index in [1.165, 1.54) is 11.3 Å². The minimum Gasteiger partial charge on any atom is -0.495 e. The molecule has 0 atom stereocenters. The normalized spacial score (nSPS) is 10.2. The zero-order chi connectivity index (χ0) is 13.1. The Hall–Kier alpha value is -1.40. The number of amides is 1. The number of aromatic nitrogens is 1. The summed E-state index contributed by atoms with van der Waals surface area (Å²) >= 11 is 4.77. The zero-order valence-electron chi connectivity index (χ0n) is 9.86. The van der Waals surface area contributed by atoms with Gasteiger partial charge in [0.15, 0.2) is 0 Å². The minimum atomic E-state index is -0.236. The van der Waals surface area contributed by atoms with E-state index in [4.69, 9.17) is 4.74 Å². The first-order valence-corrected chi connectivity index (χ1v) is 6.89. The van der Waals surface area contributed by atoms with Crippen LogP contribution in [-0.2, 0) is 0 Å². The Bertz CT molecular complexity index is 570. The average Bonchev–Trinajstić information content (AvgIpc) is 2.85. The second kappa shape index (κ2) is 5.49. The Kier molecular flexibility index (Phi) is 3.98. The van der Waals surface area contributed by atoms with Gasteiger partial charge in [-0.25, -0.2) is 4.98 Å². The Morgan fingerprint density at radius 3 is 2.89 bits per heavy atom. The molecule has 2 rings (SSSR count). The molecular formula is C12H11BrN2O2S. The van der Waals surface area contributed by atoms with Crippen LogP contribution in [0.25, 0.3) is 0 Å². The molecule has 0 fully saturated rings. The monoisotopic (exact) mass is 326 g/mol. The molecular weight excluding hydrogens is 316 g/mol. The summed E-state index contributed by atoms with van der Waals surface area (Å²) in [6.07, 6.45) is 0. The molecule has 0 aliphatic heterocycles. The van der Waals surface area contributed by atoms with Crippen molar-refractivity contribution in [2.75, 3.05) is 12.4 Å². The topological polar surface area (TPSA) is 51.2 Å². The number of rotatable bonds is 3. The predicted octanol–water partition coefficient (Wildman–Crippen LogP) is 3.47. The van der Waals surface area contributed by atoms with Crippen LogP contribution in [-0.4, -0.2) is 18.0 Å². The molecule has 18 heavy (non-hydrogen) atoms. The average molecular weight is 327 g/mol. The van der Waals surface area contributed by atoms with Crippen molar-refractivity contribution < 1.29 is 9.53 Å². The molecule has 0 saturated heterocycles. The van der Waals surface area contributed by atoms with Crippen molar-refractivity contribution in [3.63, 3.8) is 0 Å². The summed E-state index contributed by atoms with van der Waals surface area (Å²) < 4.78 is 6.17. The molecule has 0 bridgehead atoms. The van der Waals surface area contributed by atoms with Crippen LogP contribution < -0.4 is 10.1 Å². The fourth-order valence-electron chi connectivity index (χ4n) is 1.54. The summed E-state index contributed by atoms with van der Waals surface area (Å²) in [5, 5.41) is 4.52. The van der Waals surface area contributed by atoms with Gasteiger partial charge in [0, 0.05) is 9.85 Å². The number of carbonyl (C=O) groups is 1. The maximum absolute atomic E-state index is 11.9. The summed E-state index contributed by atoms with van der Waals surface area (Å²) in [4.78, 5) is 15.9. The van der Waals surface area contributed by atoms with E-state index in [1.54, 1.807) is 18.0 Å². The van der Waals surface area contributed by atoms with Gasteiger partial charge in [0.05, 0.1) is 18.3 Å². The molecule has 1 N–H and O–H groups in total. The van der Waals surface area contributed by atoms with Gasteiger partial charge in [0.2, 0.25) is 0 Å². The smallest absolute Gasteiger partial charge is 0.275 e. The van der Waals surface area contributed by atoms with Crippen LogP contribution in [0.1, 0.15) is 16.1 Å². The van der Waals surface area contributed by atoms with Crippen molar-refractivity contribution in [1.82, 2.24) is 4.98 Å². The molecule has 0 aliphatic carbocycles. The molecule has 0 unspecified atom stereocenters. The number of nitrogens with zero attached hydrogens (tertiary/aromatic N) is 1. The first-order valence-electron chi connectivity index (χ1n) is 5.15. The lowest BCUT2D eigenvalue weighted by Gasteiger charge is -2.13. The first kappa shape index (κ1) is 13.0. The predicted molar refractivity (Wildman–Crippen MR) is 75.5 cm³/mol. The van der Waals surface area contributed by atoms with E-state index in [0.717, 1.165) is 10.0 Å². The van der Waals surface area contributed by atoms with Crippen LogP contribution in [0.4, 0.5) is 5.69 Å². The number of benzene rings is 1. The van der Waals surface area contributed by atoms with Crippen molar-refractivity contribution in [3.8, 4) is 5.75 Å². The summed E-state index contributed by atoms with van der Waals surface area (Å²) in [6.45, 7) is 1.91. The van der Waals surface area contributed by atoms with E-state index in [1.807, 2.05) is 19.1 Å². The number of hydrogen-bond donors (Lipinski definition) is 1. The molecule has 2 aromatic rings. The molecule has 1 heterocycles. The number of ether oxygens (including phenoxy) is 1. The van der Waals surface area contributed by atoms with Gasteiger partial charge in [-0.1, -0.05) is 15.9 Å². The number of halogens is 1. The van der Waals surface area contributed by atoms with E-state index in [-0.39, 0.29) is 5.91 Å². The van der Waals surface area contributed by atoms with Crippen molar-refractivity contribution in [2.45, 2.75) is 6.92 Å². The second-order valence-electron chi connectivity index (χ2n) is 3.63. The van der Waals surface area contributed by atoms with Crippen LogP contribution >= 0.6 is 27.3 Å². The van der Waals surface area contributed by atoms with Crippen molar-refractivity contribution in [1.29, 1.82) is 0 Å². The van der Waals surface area contributed by atoms with Gasteiger partial charge in [-0.05, 0) is 24.6 Å². The molecule has 0 radical (unpaired) electrons. The zero-order valence-corrected chi connectivity index (χ0v) is 12.3. The molecule has 1 aromatic heterocycles. The highest BCUT2D eigenvalue weighted by Gasteiger charge is 2.14.